The molecule has 1 fully saturated rings. The van der Waals surface area contributed by atoms with Crippen molar-refractivity contribution in [3.8, 4) is 0 Å². The van der Waals surface area contributed by atoms with Crippen molar-refractivity contribution < 1.29 is 4.79 Å². The fourth-order valence-corrected chi connectivity index (χ4v) is 5.64. The van der Waals surface area contributed by atoms with Crippen LogP contribution in [-0.4, -0.2) is 51.5 Å². The van der Waals surface area contributed by atoms with Gasteiger partial charge in [0.1, 0.15) is 11.9 Å². The normalized spacial score (nSPS) is 21.4. The van der Waals surface area contributed by atoms with Crippen molar-refractivity contribution >= 4 is 32.7 Å². The van der Waals surface area contributed by atoms with E-state index in [2.05, 4.69) is 15.2 Å². The Morgan fingerprint density at radius 1 is 1.26 bits per heavy atom. The van der Waals surface area contributed by atoms with Gasteiger partial charge < -0.3 is 10.2 Å². The Hall–Kier alpha value is -2.78. The molecule has 1 saturated heterocycles. The third-order valence-electron chi connectivity index (χ3n) is 6.07. The summed E-state index contributed by atoms with van der Waals surface area (Å²) in [7, 11) is 2.04. The lowest BCUT2D eigenvalue weighted by Crippen LogP contribution is -2.43. The maximum atomic E-state index is 13.1. The van der Waals surface area contributed by atoms with Gasteiger partial charge in [-0.2, -0.15) is 0 Å². The number of aromatic nitrogens is 3. The number of thiazole rings is 1. The van der Waals surface area contributed by atoms with Gasteiger partial charge in [-0.15, -0.1) is 0 Å². The minimum atomic E-state index is -0.272. The van der Waals surface area contributed by atoms with Crippen LogP contribution < -0.4 is 15.8 Å². The van der Waals surface area contributed by atoms with Crippen LogP contribution >= 0.6 is 11.3 Å². The van der Waals surface area contributed by atoms with Crippen LogP contribution in [-0.2, 0) is 17.9 Å². The van der Waals surface area contributed by atoms with Crippen molar-refractivity contribution in [1.29, 1.82) is 0 Å². The minimum absolute atomic E-state index is 0.000156. The Kier molecular flexibility index (Phi) is 5.23. The largest absolute Gasteiger partial charge is 0.350 e. The zero-order chi connectivity index (χ0) is 21.5. The van der Waals surface area contributed by atoms with Gasteiger partial charge in [-0.1, -0.05) is 41.7 Å². The number of nitrogens with one attached hydrogen (secondary N) is 1. The predicted molar refractivity (Wildman–Crippen MR) is 121 cm³/mol. The van der Waals surface area contributed by atoms with E-state index < -0.39 is 0 Å². The van der Waals surface area contributed by atoms with Crippen LogP contribution in [0.1, 0.15) is 37.2 Å². The average Bonchev–Trinajstić information content (AvgIpc) is 3.39. The summed E-state index contributed by atoms with van der Waals surface area (Å²) in [6.07, 6.45) is 1.70. The molecule has 0 radical (unpaired) electrons. The smallest absolute Gasteiger partial charge is 0.281 e. The number of carbonyl (C=O) groups excluding carboxylic acids is 1. The first-order valence-electron chi connectivity index (χ1n) is 10.7. The third kappa shape index (κ3) is 3.72. The van der Waals surface area contributed by atoms with E-state index in [0.717, 1.165) is 37.3 Å². The average molecular weight is 439 g/mol. The molecule has 8 nitrogen and oxygen atoms in total. The van der Waals surface area contributed by atoms with E-state index >= 15 is 0 Å². The fraction of sp³-hybridized carbons (Fsp3) is 0.455. The van der Waals surface area contributed by atoms with Crippen LogP contribution in [0.25, 0.3) is 10.3 Å². The molecule has 2 aliphatic heterocycles. The molecule has 9 heteroatoms. The molecule has 4 heterocycles. The zero-order valence-electron chi connectivity index (χ0n) is 17.7. The molecule has 31 heavy (non-hydrogen) atoms. The molecule has 2 aliphatic rings. The standard InChI is InChI=1S/C22H26N6O2S/c1-14-12-26(2)13-17-24-20-18(21(30)28(14)17)25-22(31-20)27-10-6-9-16(27)19(29)23-11-15-7-4-3-5-8-15/h3-5,7-8,14,16H,6,9-13H2,1-2H3,(H,23,29)/t14-,16+/m0/s1. The van der Waals surface area contributed by atoms with Gasteiger partial charge in [0.25, 0.3) is 5.56 Å². The van der Waals surface area contributed by atoms with E-state index in [0.29, 0.717) is 28.6 Å². The number of nitrogens with zero attached hydrogens (tertiary/aromatic N) is 5. The number of hydrogen-bond acceptors (Lipinski definition) is 7. The molecule has 0 saturated carbocycles. The van der Waals surface area contributed by atoms with E-state index in [1.807, 2.05) is 49.2 Å². The summed E-state index contributed by atoms with van der Waals surface area (Å²) >= 11 is 1.41. The van der Waals surface area contributed by atoms with Crippen molar-refractivity contribution in [2.24, 2.45) is 0 Å². The highest BCUT2D eigenvalue weighted by atomic mass is 32.1. The molecule has 5 rings (SSSR count). The van der Waals surface area contributed by atoms with E-state index in [4.69, 9.17) is 4.98 Å². The lowest BCUT2D eigenvalue weighted by Gasteiger charge is -2.30. The summed E-state index contributed by atoms with van der Waals surface area (Å²) in [4.78, 5) is 40.3. The van der Waals surface area contributed by atoms with Crippen LogP contribution in [0, 0.1) is 0 Å². The Morgan fingerprint density at radius 2 is 2.06 bits per heavy atom. The number of rotatable bonds is 4. The number of fused-ring (bicyclic) bond motifs is 2. The van der Waals surface area contributed by atoms with Crippen LogP contribution in [0.5, 0.6) is 0 Å². The van der Waals surface area contributed by atoms with E-state index in [9.17, 15) is 9.59 Å². The lowest BCUT2D eigenvalue weighted by atomic mass is 10.2. The van der Waals surface area contributed by atoms with Gasteiger partial charge >= 0.3 is 0 Å². The Labute approximate surface area is 184 Å². The second-order valence-electron chi connectivity index (χ2n) is 8.45. The Bertz CT molecular complexity index is 1170. The summed E-state index contributed by atoms with van der Waals surface area (Å²) in [5.41, 5.74) is 1.41. The molecular weight excluding hydrogens is 412 g/mol. The first kappa shape index (κ1) is 20.1. The highest BCUT2D eigenvalue weighted by Crippen LogP contribution is 2.32. The molecule has 1 N–H and O–H groups in total. The van der Waals surface area contributed by atoms with Crippen LogP contribution in [0.3, 0.4) is 0 Å². The topological polar surface area (TPSA) is 83.4 Å². The van der Waals surface area contributed by atoms with Gasteiger partial charge in [0.15, 0.2) is 15.5 Å². The molecule has 3 aromatic rings. The van der Waals surface area contributed by atoms with E-state index in [1.165, 1.54) is 11.3 Å². The molecule has 2 atom stereocenters. The van der Waals surface area contributed by atoms with Crippen LogP contribution in [0.2, 0.25) is 0 Å². The second kappa shape index (κ2) is 8.05. The Morgan fingerprint density at radius 3 is 2.87 bits per heavy atom. The molecule has 0 bridgehead atoms. The van der Waals surface area contributed by atoms with Crippen LogP contribution in [0.4, 0.5) is 5.13 Å². The first-order valence-corrected chi connectivity index (χ1v) is 11.5. The van der Waals surface area contributed by atoms with Gasteiger partial charge in [0.2, 0.25) is 5.91 Å². The number of likely N-dealkylation sites (N-methyl/N-ethyl adjacent to an activating group) is 1. The maximum absolute atomic E-state index is 13.1. The number of benzene rings is 1. The molecule has 1 amide bonds. The lowest BCUT2D eigenvalue weighted by molar-refractivity contribution is -0.122. The molecule has 1 aromatic carbocycles. The van der Waals surface area contributed by atoms with Gasteiger partial charge in [-0.3, -0.25) is 19.1 Å². The summed E-state index contributed by atoms with van der Waals surface area (Å²) in [5, 5.41) is 3.76. The fourth-order valence-electron chi connectivity index (χ4n) is 4.62. The monoisotopic (exact) mass is 438 g/mol. The number of hydrogen-bond donors (Lipinski definition) is 1. The van der Waals surface area contributed by atoms with Crippen molar-refractivity contribution in [1.82, 2.24) is 24.8 Å². The Balaban J connectivity index is 1.41. The number of amides is 1. The summed E-state index contributed by atoms with van der Waals surface area (Å²) in [6, 6.07) is 9.68. The summed E-state index contributed by atoms with van der Waals surface area (Å²) < 4.78 is 1.78. The van der Waals surface area contributed by atoms with Gasteiger partial charge in [0.05, 0.1) is 6.54 Å². The summed E-state index contributed by atoms with van der Waals surface area (Å²) in [6.45, 7) is 4.76. The van der Waals surface area contributed by atoms with E-state index in [1.54, 1.807) is 4.57 Å². The van der Waals surface area contributed by atoms with Crippen molar-refractivity contribution in [2.75, 3.05) is 25.0 Å². The number of carbonyl (C=O) groups is 1. The molecule has 0 unspecified atom stereocenters. The highest BCUT2D eigenvalue weighted by Gasteiger charge is 2.33. The molecule has 162 valence electrons. The molecule has 0 spiro atoms. The van der Waals surface area contributed by atoms with E-state index in [-0.39, 0.29) is 23.6 Å². The molecule has 0 aliphatic carbocycles. The molecular formula is C22H26N6O2S. The summed E-state index contributed by atoms with van der Waals surface area (Å²) in [5.74, 6) is 0.785. The number of anilines is 1. The minimum Gasteiger partial charge on any atom is -0.350 e. The van der Waals surface area contributed by atoms with Gasteiger partial charge in [-0.05, 0) is 32.4 Å². The van der Waals surface area contributed by atoms with Crippen molar-refractivity contribution in [3.05, 3.63) is 52.1 Å². The predicted octanol–water partition coefficient (Wildman–Crippen LogP) is 2.14. The van der Waals surface area contributed by atoms with Gasteiger partial charge in [0, 0.05) is 25.7 Å². The maximum Gasteiger partial charge on any atom is 0.281 e. The van der Waals surface area contributed by atoms with Crippen molar-refractivity contribution in [2.45, 2.75) is 44.9 Å². The van der Waals surface area contributed by atoms with Gasteiger partial charge in [-0.25, -0.2) is 9.97 Å². The van der Waals surface area contributed by atoms with Crippen molar-refractivity contribution in [3.63, 3.8) is 0 Å². The van der Waals surface area contributed by atoms with Crippen LogP contribution in [0.15, 0.2) is 35.1 Å². The zero-order valence-corrected chi connectivity index (χ0v) is 18.6. The molecule has 2 aromatic heterocycles. The quantitative estimate of drug-likeness (QED) is 0.672. The third-order valence-corrected chi connectivity index (χ3v) is 7.05. The highest BCUT2D eigenvalue weighted by molar-refractivity contribution is 7.21. The SMILES string of the molecule is C[C@H]1CN(C)Cc2nc3sc(N4CCC[C@@H]4C(=O)NCc4ccccc4)nc3c(=O)n21. The second-order valence-corrected chi connectivity index (χ2v) is 9.41. The first-order chi connectivity index (χ1) is 15.0.